The molecule has 0 bridgehead atoms. The molecule has 7 nitrogen and oxygen atoms in total. The van der Waals surface area contributed by atoms with Gasteiger partial charge in [0, 0.05) is 26.1 Å². The van der Waals surface area contributed by atoms with Crippen molar-refractivity contribution in [2.24, 2.45) is 11.1 Å². The lowest BCUT2D eigenvalue weighted by Crippen LogP contribution is -2.54. The second kappa shape index (κ2) is 13.7. The molecule has 0 aliphatic rings. The van der Waals surface area contributed by atoms with E-state index in [4.69, 9.17) is 10.5 Å². The lowest BCUT2D eigenvalue weighted by atomic mass is 9.85. The van der Waals surface area contributed by atoms with Gasteiger partial charge in [-0.1, -0.05) is 86.6 Å². The highest BCUT2D eigenvalue weighted by atomic mass is 16.5. The smallest absolute Gasteiger partial charge is 0.229 e. The Kier molecular flexibility index (Phi) is 10.4. The van der Waals surface area contributed by atoms with Crippen molar-refractivity contribution in [3.63, 3.8) is 0 Å². The molecule has 0 heterocycles. The Labute approximate surface area is 225 Å². The lowest BCUT2D eigenvalue weighted by molar-refractivity contribution is -0.148. The molecule has 0 unspecified atom stereocenters. The second-order valence-corrected chi connectivity index (χ2v) is 10.3. The molecular formula is C31H39N3O4. The molecule has 0 radical (unpaired) electrons. The zero-order chi connectivity index (χ0) is 27.5. The third kappa shape index (κ3) is 8.43. The van der Waals surface area contributed by atoms with E-state index < -0.39 is 23.5 Å². The van der Waals surface area contributed by atoms with Gasteiger partial charge in [-0.3, -0.25) is 9.59 Å². The SMILES string of the molecule is COc1cccc(CNC[C@@H](O)[C@H](Cc2ccccc2)N(Cc2ccccc2)C(=O)C(C)(C)CC(N)=O)c1. The van der Waals surface area contributed by atoms with Crippen molar-refractivity contribution in [3.05, 3.63) is 102 Å². The first-order valence-corrected chi connectivity index (χ1v) is 12.9. The van der Waals surface area contributed by atoms with Gasteiger partial charge in [0.05, 0.1) is 24.7 Å². The largest absolute Gasteiger partial charge is 0.497 e. The van der Waals surface area contributed by atoms with Crippen LogP contribution in [0.15, 0.2) is 84.9 Å². The van der Waals surface area contributed by atoms with Gasteiger partial charge < -0.3 is 25.8 Å². The van der Waals surface area contributed by atoms with Gasteiger partial charge in [-0.2, -0.15) is 0 Å². The molecule has 0 saturated carbocycles. The predicted molar refractivity (Wildman–Crippen MR) is 149 cm³/mol. The number of nitrogens with one attached hydrogen (secondary N) is 1. The molecule has 7 heteroatoms. The number of aliphatic hydroxyl groups excluding tert-OH is 1. The van der Waals surface area contributed by atoms with Gasteiger partial charge in [-0.25, -0.2) is 0 Å². The number of nitrogens with zero attached hydrogens (tertiary/aromatic N) is 1. The van der Waals surface area contributed by atoms with Crippen LogP contribution in [-0.4, -0.2) is 47.6 Å². The number of carbonyl (C=O) groups excluding carboxylic acids is 2. The maximum atomic E-state index is 14.0. The fourth-order valence-corrected chi connectivity index (χ4v) is 4.61. The zero-order valence-corrected chi connectivity index (χ0v) is 22.5. The van der Waals surface area contributed by atoms with Gasteiger partial charge in [0.25, 0.3) is 0 Å². The first kappa shape index (κ1) is 28.9. The Morgan fingerprint density at radius 3 is 2.16 bits per heavy atom. The Hall–Kier alpha value is -3.68. The van der Waals surface area contributed by atoms with Crippen LogP contribution in [0, 0.1) is 5.41 Å². The molecule has 0 aliphatic carbocycles. The van der Waals surface area contributed by atoms with Gasteiger partial charge >= 0.3 is 0 Å². The van der Waals surface area contributed by atoms with Crippen LogP contribution in [0.5, 0.6) is 5.75 Å². The molecule has 38 heavy (non-hydrogen) atoms. The van der Waals surface area contributed by atoms with E-state index in [2.05, 4.69) is 5.32 Å². The molecule has 3 aromatic carbocycles. The van der Waals surface area contributed by atoms with Crippen molar-refractivity contribution in [1.29, 1.82) is 0 Å². The molecule has 3 rings (SSSR count). The first-order chi connectivity index (χ1) is 18.2. The molecule has 0 spiro atoms. The van der Waals surface area contributed by atoms with E-state index in [0.717, 1.165) is 22.4 Å². The Morgan fingerprint density at radius 2 is 1.55 bits per heavy atom. The monoisotopic (exact) mass is 517 g/mol. The standard InChI is InChI=1S/C31H39N3O4/c1-31(2,19-29(32)36)30(37)34(22-24-13-8-5-9-14-24)27(18-23-11-6-4-7-12-23)28(35)21-33-20-25-15-10-16-26(17-25)38-3/h4-17,27-28,33,35H,18-22H2,1-3H3,(H2,32,36)/t27-,28+/m0/s1. The lowest BCUT2D eigenvalue weighted by Gasteiger charge is -2.39. The van der Waals surface area contributed by atoms with Crippen molar-refractivity contribution in [1.82, 2.24) is 10.2 Å². The van der Waals surface area contributed by atoms with Crippen LogP contribution in [0.2, 0.25) is 0 Å². The number of aliphatic hydroxyl groups is 1. The van der Waals surface area contributed by atoms with E-state index in [0.29, 0.717) is 19.5 Å². The summed E-state index contributed by atoms with van der Waals surface area (Å²) in [5, 5.41) is 14.9. The number of benzene rings is 3. The van der Waals surface area contributed by atoms with Gasteiger partial charge in [0.2, 0.25) is 11.8 Å². The van der Waals surface area contributed by atoms with Crippen molar-refractivity contribution in [2.75, 3.05) is 13.7 Å². The van der Waals surface area contributed by atoms with Crippen LogP contribution >= 0.6 is 0 Å². The molecule has 4 N–H and O–H groups in total. The zero-order valence-electron chi connectivity index (χ0n) is 22.5. The topological polar surface area (TPSA) is 105 Å². The molecule has 0 aromatic heterocycles. The van der Waals surface area contributed by atoms with E-state index in [9.17, 15) is 14.7 Å². The number of ether oxygens (including phenoxy) is 1. The Bertz CT molecular complexity index is 1170. The number of methoxy groups -OCH3 is 1. The molecule has 202 valence electrons. The minimum absolute atomic E-state index is 0.0840. The summed E-state index contributed by atoms with van der Waals surface area (Å²) >= 11 is 0. The molecule has 0 fully saturated rings. The number of primary amides is 1. The van der Waals surface area contributed by atoms with Crippen molar-refractivity contribution >= 4 is 11.8 Å². The normalized spacial score (nSPS) is 12.9. The summed E-state index contributed by atoms with van der Waals surface area (Å²) in [6.07, 6.45) is -0.508. The maximum absolute atomic E-state index is 14.0. The summed E-state index contributed by atoms with van der Waals surface area (Å²) in [5.74, 6) is -0.000766. The van der Waals surface area contributed by atoms with Crippen LogP contribution in [0.4, 0.5) is 0 Å². The maximum Gasteiger partial charge on any atom is 0.229 e. The van der Waals surface area contributed by atoms with Crippen molar-refractivity contribution in [3.8, 4) is 5.75 Å². The van der Waals surface area contributed by atoms with Gasteiger partial charge in [0.1, 0.15) is 5.75 Å². The minimum atomic E-state index is -1.02. The molecule has 2 atom stereocenters. The van der Waals surface area contributed by atoms with E-state index in [1.807, 2.05) is 84.9 Å². The van der Waals surface area contributed by atoms with Crippen LogP contribution in [-0.2, 0) is 29.1 Å². The predicted octanol–water partition coefficient (Wildman–Crippen LogP) is 3.69. The van der Waals surface area contributed by atoms with Gasteiger partial charge in [0.15, 0.2) is 0 Å². The quantitative estimate of drug-likeness (QED) is 0.303. The van der Waals surface area contributed by atoms with Crippen LogP contribution < -0.4 is 15.8 Å². The van der Waals surface area contributed by atoms with Gasteiger partial charge in [-0.05, 0) is 35.2 Å². The van der Waals surface area contributed by atoms with E-state index >= 15 is 0 Å². The summed E-state index contributed by atoms with van der Waals surface area (Å²) in [5.41, 5.74) is 7.43. The highest BCUT2D eigenvalue weighted by molar-refractivity contribution is 5.88. The van der Waals surface area contributed by atoms with E-state index in [1.165, 1.54) is 0 Å². The Morgan fingerprint density at radius 1 is 0.947 bits per heavy atom. The fourth-order valence-electron chi connectivity index (χ4n) is 4.61. The fraction of sp³-hybridized carbons (Fsp3) is 0.355. The number of carbonyl (C=O) groups is 2. The van der Waals surface area contributed by atoms with Crippen LogP contribution in [0.3, 0.4) is 0 Å². The number of nitrogens with two attached hydrogens (primary N) is 1. The molecular weight excluding hydrogens is 478 g/mol. The molecule has 0 aliphatic heterocycles. The highest BCUT2D eigenvalue weighted by Crippen LogP contribution is 2.28. The third-order valence-corrected chi connectivity index (χ3v) is 6.60. The molecule has 2 amide bonds. The summed E-state index contributed by atoms with van der Waals surface area (Å²) in [7, 11) is 1.63. The summed E-state index contributed by atoms with van der Waals surface area (Å²) in [4.78, 5) is 27.5. The number of hydrogen-bond donors (Lipinski definition) is 3. The average molecular weight is 518 g/mol. The summed E-state index contributed by atoms with van der Waals surface area (Å²) < 4.78 is 5.31. The number of amides is 2. The summed E-state index contributed by atoms with van der Waals surface area (Å²) in [6.45, 7) is 4.55. The third-order valence-electron chi connectivity index (χ3n) is 6.60. The molecule has 3 aromatic rings. The first-order valence-electron chi connectivity index (χ1n) is 12.9. The number of hydrogen-bond acceptors (Lipinski definition) is 5. The molecule has 0 saturated heterocycles. The van der Waals surface area contributed by atoms with Crippen molar-refractivity contribution in [2.45, 2.75) is 51.9 Å². The number of rotatable bonds is 14. The minimum Gasteiger partial charge on any atom is -0.497 e. The van der Waals surface area contributed by atoms with Crippen LogP contribution in [0.1, 0.15) is 37.0 Å². The average Bonchev–Trinajstić information content (AvgIpc) is 2.90. The highest BCUT2D eigenvalue weighted by Gasteiger charge is 2.39. The van der Waals surface area contributed by atoms with Gasteiger partial charge in [-0.15, -0.1) is 0 Å². The summed E-state index contributed by atoms with van der Waals surface area (Å²) in [6, 6.07) is 26.7. The van der Waals surface area contributed by atoms with Crippen LogP contribution in [0.25, 0.3) is 0 Å². The second-order valence-electron chi connectivity index (χ2n) is 10.3. The Balaban J connectivity index is 1.89. The van der Waals surface area contributed by atoms with E-state index in [1.54, 1.807) is 25.9 Å². The van der Waals surface area contributed by atoms with E-state index in [-0.39, 0.29) is 18.9 Å². The van der Waals surface area contributed by atoms with Crippen molar-refractivity contribution < 1.29 is 19.4 Å².